The highest BCUT2D eigenvalue weighted by molar-refractivity contribution is 14.0. The first kappa shape index (κ1) is 26.1. The normalized spacial score (nSPS) is 17.3. The van der Waals surface area contributed by atoms with Crippen LogP contribution in [0.3, 0.4) is 0 Å². The van der Waals surface area contributed by atoms with E-state index in [1.807, 2.05) is 6.07 Å². The van der Waals surface area contributed by atoms with Crippen molar-refractivity contribution in [2.75, 3.05) is 59.1 Å². The minimum Gasteiger partial charge on any atom is -0.379 e. The lowest BCUT2D eigenvalue weighted by atomic mass is 10.1. The molecule has 2 atom stereocenters. The Balaban J connectivity index is 0.00000420. The number of nitrogens with zero attached hydrogens (tertiary/aromatic N) is 2. The van der Waals surface area contributed by atoms with Gasteiger partial charge in [0, 0.05) is 45.9 Å². The number of hydrogen-bond donors (Lipinski definition) is 2. The van der Waals surface area contributed by atoms with Crippen molar-refractivity contribution in [3.05, 3.63) is 35.9 Å². The molecule has 29 heavy (non-hydrogen) atoms. The van der Waals surface area contributed by atoms with E-state index >= 15 is 0 Å². The van der Waals surface area contributed by atoms with Gasteiger partial charge in [-0.15, -0.1) is 24.0 Å². The minimum atomic E-state index is 0. The number of benzene rings is 1. The standard InChI is InChI=1S/C22H38N4O2.HI/c1-4-23-22(25-17-19(2)18-26-12-15-27-16-13-26)24-11-8-14-28-20(3)21-9-6-5-7-10-21;/h5-7,9-10,19-20H,4,8,11-18H2,1-3H3,(H2,23,24,25);1H. The van der Waals surface area contributed by atoms with Crippen molar-refractivity contribution in [3.63, 3.8) is 0 Å². The van der Waals surface area contributed by atoms with Gasteiger partial charge in [0.1, 0.15) is 0 Å². The molecule has 2 unspecified atom stereocenters. The van der Waals surface area contributed by atoms with Gasteiger partial charge in [-0.2, -0.15) is 0 Å². The van der Waals surface area contributed by atoms with Gasteiger partial charge in [-0.3, -0.25) is 9.89 Å². The summed E-state index contributed by atoms with van der Waals surface area (Å²) in [5.74, 6) is 1.43. The fourth-order valence-corrected chi connectivity index (χ4v) is 3.23. The minimum absolute atomic E-state index is 0. The van der Waals surface area contributed by atoms with Gasteiger partial charge in [0.15, 0.2) is 5.96 Å². The van der Waals surface area contributed by atoms with Gasteiger partial charge >= 0.3 is 0 Å². The predicted octanol–water partition coefficient (Wildman–Crippen LogP) is 3.30. The molecule has 0 spiro atoms. The average molecular weight is 518 g/mol. The molecule has 6 nitrogen and oxygen atoms in total. The number of morpholine rings is 1. The highest BCUT2D eigenvalue weighted by atomic mass is 127. The number of ether oxygens (including phenoxy) is 2. The molecule has 0 bridgehead atoms. The van der Waals surface area contributed by atoms with Crippen LogP contribution in [-0.4, -0.2) is 69.9 Å². The lowest BCUT2D eigenvalue weighted by molar-refractivity contribution is 0.0323. The van der Waals surface area contributed by atoms with Crippen LogP contribution >= 0.6 is 24.0 Å². The summed E-state index contributed by atoms with van der Waals surface area (Å²) in [7, 11) is 0. The predicted molar refractivity (Wildman–Crippen MR) is 131 cm³/mol. The third-order valence-corrected chi connectivity index (χ3v) is 4.83. The Bertz CT molecular complexity index is 553. The largest absolute Gasteiger partial charge is 0.379 e. The fourth-order valence-electron chi connectivity index (χ4n) is 3.23. The summed E-state index contributed by atoms with van der Waals surface area (Å²) in [6.07, 6.45) is 1.08. The number of guanidine groups is 1. The lowest BCUT2D eigenvalue weighted by Gasteiger charge is -2.28. The molecular formula is C22H39IN4O2. The molecule has 2 N–H and O–H groups in total. The molecule has 0 saturated carbocycles. The van der Waals surface area contributed by atoms with Gasteiger partial charge in [0.25, 0.3) is 0 Å². The first-order valence-corrected chi connectivity index (χ1v) is 10.7. The first-order chi connectivity index (χ1) is 13.7. The topological polar surface area (TPSA) is 58.1 Å². The van der Waals surface area contributed by atoms with E-state index in [1.165, 1.54) is 5.56 Å². The van der Waals surface area contributed by atoms with Gasteiger partial charge in [-0.25, -0.2) is 0 Å². The molecule has 1 aromatic carbocycles. The zero-order valence-corrected chi connectivity index (χ0v) is 20.6. The van der Waals surface area contributed by atoms with Crippen molar-refractivity contribution in [2.24, 2.45) is 10.9 Å². The Hall–Kier alpha value is -0.900. The maximum Gasteiger partial charge on any atom is 0.191 e. The van der Waals surface area contributed by atoms with Crippen LogP contribution in [0.1, 0.15) is 38.9 Å². The molecule has 1 fully saturated rings. The zero-order valence-electron chi connectivity index (χ0n) is 18.2. The molecule has 0 aromatic heterocycles. The van der Waals surface area contributed by atoms with Crippen molar-refractivity contribution >= 4 is 29.9 Å². The summed E-state index contributed by atoms with van der Waals surface area (Å²) in [5.41, 5.74) is 1.22. The van der Waals surface area contributed by atoms with E-state index in [9.17, 15) is 0 Å². The van der Waals surface area contributed by atoms with E-state index < -0.39 is 0 Å². The van der Waals surface area contributed by atoms with Crippen LogP contribution < -0.4 is 10.6 Å². The van der Waals surface area contributed by atoms with E-state index in [4.69, 9.17) is 14.5 Å². The maximum atomic E-state index is 5.94. The van der Waals surface area contributed by atoms with Gasteiger partial charge in [0.2, 0.25) is 0 Å². The highest BCUT2D eigenvalue weighted by Gasteiger charge is 2.13. The second kappa shape index (κ2) is 15.9. The second-order valence-electron chi connectivity index (χ2n) is 7.44. The molecule has 0 aliphatic carbocycles. The van der Waals surface area contributed by atoms with E-state index in [-0.39, 0.29) is 30.1 Å². The Morgan fingerprint density at radius 1 is 1.17 bits per heavy atom. The number of nitrogens with one attached hydrogen (secondary N) is 2. The quantitative estimate of drug-likeness (QED) is 0.204. The molecule has 2 rings (SSSR count). The van der Waals surface area contributed by atoms with Crippen LogP contribution in [-0.2, 0) is 9.47 Å². The van der Waals surface area contributed by atoms with Gasteiger partial charge in [0.05, 0.1) is 19.3 Å². The smallest absolute Gasteiger partial charge is 0.191 e. The van der Waals surface area contributed by atoms with Crippen LogP contribution in [0.25, 0.3) is 0 Å². The summed E-state index contributed by atoms with van der Waals surface area (Å²) < 4.78 is 11.4. The fraction of sp³-hybridized carbons (Fsp3) is 0.682. The third kappa shape index (κ3) is 11.2. The molecule has 1 saturated heterocycles. The van der Waals surface area contributed by atoms with Crippen molar-refractivity contribution < 1.29 is 9.47 Å². The van der Waals surface area contributed by atoms with Gasteiger partial charge in [-0.05, 0) is 31.7 Å². The second-order valence-corrected chi connectivity index (χ2v) is 7.44. The summed E-state index contributed by atoms with van der Waals surface area (Å²) >= 11 is 0. The molecule has 0 amide bonds. The lowest BCUT2D eigenvalue weighted by Crippen LogP contribution is -2.40. The van der Waals surface area contributed by atoms with Crippen LogP contribution in [0, 0.1) is 5.92 Å². The summed E-state index contributed by atoms with van der Waals surface area (Å²) in [4.78, 5) is 7.22. The van der Waals surface area contributed by atoms with Gasteiger partial charge in [-0.1, -0.05) is 37.3 Å². The molecule has 7 heteroatoms. The number of rotatable bonds is 11. The molecule has 1 heterocycles. The third-order valence-electron chi connectivity index (χ3n) is 4.83. The molecule has 166 valence electrons. The Kier molecular flexibility index (Phi) is 14.3. The summed E-state index contributed by atoms with van der Waals surface area (Å²) in [6, 6.07) is 10.4. The average Bonchev–Trinajstić information content (AvgIpc) is 2.73. The highest BCUT2D eigenvalue weighted by Crippen LogP contribution is 2.15. The molecular weight excluding hydrogens is 479 g/mol. The Labute approximate surface area is 193 Å². The van der Waals surface area contributed by atoms with Crippen LogP contribution in [0.2, 0.25) is 0 Å². The van der Waals surface area contributed by atoms with Crippen molar-refractivity contribution in [1.29, 1.82) is 0 Å². The van der Waals surface area contributed by atoms with Crippen LogP contribution in [0.5, 0.6) is 0 Å². The molecule has 1 aromatic rings. The van der Waals surface area contributed by atoms with E-state index in [0.717, 1.165) is 71.5 Å². The van der Waals surface area contributed by atoms with Gasteiger partial charge < -0.3 is 20.1 Å². The number of hydrogen-bond acceptors (Lipinski definition) is 4. The monoisotopic (exact) mass is 518 g/mol. The van der Waals surface area contributed by atoms with E-state index in [2.05, 4.69) is 60.6 Å². The Morgan fingerprint density at radius 3 is 2.59 bits per heavy atom. The summed E-state index contributed by atoms with van der Waals surface area (Å²) in [6.45, 7) is 14.6. The number of aliphatic imine (C=N–C) groups is 1. The van der Waals surface area contributed by atoms with Crippen LogP contribution in [0.4, 0.5) is 0 Å². The van der Waals surface area contributed by atoms with E-state index in [1.54, 1.807) is 0 Å². The molecule has 1 aliphatic rings. The Morgan fingerprint density at radius 2 is 1.90 bits per heavy atom. The van der Waals surface area contributed by atoms with Crippen LogP contribution in [0.15, 0.2) is 35.3 Å². The maximum absolute atomic E-state index is 5.94. The SMILES string of the molecule is CCNC(=NCC(C)CN1CCOCC1)NCCCOC(C)c1ccccc1.I. The number of halogens is 1. The summed E-state index contributed by atoms with van der Waals surface area (Å²) in [5, 5.41) is 6.75. The van der Waals surface area contributed by atoms with Crippen molar-refractivity contribution in [3.8, 4) is 0 Å². The molecule has 0 radical (unpaired) electrons. The molecule has 1 aliphatic heterocycles. The zero-order chi connectivity index (χ0) is 20.0. The van der Waals surface area contributed by atoms with Crippen molar-refractivity contribution in [1.82, 2.24) is 15.5 Å². The van der Waals surface area contributed by atoms with E-state index in [0.29, 0.717) is 5.92 Å². The van der Waals surface area contributed by atoms with Crippen molar-refractivity contribution in [2.45, 2.75) is 33.3 Å². The first-order valence-electron chi connectivity index (χ1n) is 10.7.